The van der Waals surface area contributed by atoms with Crippen LogP contribution < -0.4 is 5.32 Å². The summed E-state index contributed by atoms with van der Waals surface area (Å²) in [5, 5.41) is 8.27. The van der Waals surface area contributed by atoms with Crippen LogP contribution in [-0.4, -0.2) is 45.5 Å². The number of carbonyl (C=O) groups excluding carboxylic acids is 1. The van der Waals surface area contributed by atoms with Crippen LogP contribution >= 0.6 is 12.2 Å². The molecule has 25 heavy (non-hydrogen) atoms. The first kappa shape index (κ1) is 21.4. The van der Waals surface area contributed by atoms with Crippen LogP contribution in [0.25, 0.3) is 0 Å². The summed E-state index contributed by atoms with van der Waals surface area (Å²) >= 11 is 5.58. The maximum atomic E-state index is 12.2. The highest BCUT2D eigenvalue weighted by molar-refractivity contribution is 7.80. The Bertz CT molecular complexity index is 537. The Morgan fingerprint density at radius 3 is 2.36 bits per heavy atom. The predicted octanol–water partition coefficient (Wildman–Crippen LogP) is 4.07. The molecule has 0 aliphatic carbocycles. The summed E-state index contributed by atoms with van der Waals surface area (Å²) in [6.45, 7) is 11.1. The van der Waals surface area contributed by atoms with E-state index < -0.39 is 0 Å². The van der Waals surface area contributed by atoms with Crippen LogP contribution in [0.4, 0.5) is 5.82 Å². The van der Waals surface area contributed by atoms with E-state index in [4.69, 9.17) is 17.0 Å². The number of anilines is 1. The Morgan fingerprint density at radius 2 is 1.84 bits per heavy atom. The number of carbonyl (C=O) groups is 1. The molecule has 1 heterocycles. The van der Waals surface area contributed by atoms with Gasteiger partial charge in [0.2, 0.25) is 0 Å². The van der Waals surface area contributed by atoms with Gasteiger partial charge in [-0.3, -0.25) is 4.68 Å². The number of unbranched alkanes of at least 4 members (excludes halogenated alkanes) is 2. The van der Waals surface area contributed by atoms with Gasteiger partial charge < -0.3 is 15.0 Å². The molecule has 0 bridgehead atoms. The number of thiocarbonyl (C=S) groups is 1. The van der Waals surface area contributed by atoms with E-state index in [0.717, 1.165) is 51.7 Å². The Kier molecular flexibility index (Phi) is 10.1. The van der Waals surface area contributed by atoms with Crippen molar-refractivity contribution in [3.63, 3.8) is 0 Å². The lowest BCUT2D eigenvalue weighted by atomic mass is 10.3. The number of hydrogen-bond acceptors (Lipinski definition) is 4. The molecule has 142 valence electrons. The quantitative estimate of drug-likeness (QED) is 0.469. The molecule has 0 saturated carbocycles. The number of aryl methyl sites for hydroxylation is 1. The second-order valence-corrected chi connectivity index (χ2v) is 6.39. The predicted molar refractivity (Wildman–Crippen MR) is 106 cm³/mol. The highest BCUT2D eigenvalue weighted by Crippen LogP contribution is 2.16. The number of rotatable bonds is 11. The second kappa shape index (κ2) is 11.8. The van der Waals surface area contributed by atoms with Crippen LogP contribution in [0, 0.1) is 0 Å². The summed E-state index contributed by atoms with van der Waals surface area (Å²) in [7, 11) is 0. The first-order valence-corrected chi connectivity index (χ1v) is 9.78. The fraction of sp³-hybridized carbons (Fsp3) is 0.722. The topological polar surface area (TPSA) is 59.4 Å². The first-order valence-electron chi connectivity index (χ1n) is 9.37. The molecule has 0 aliphatic rings. The molecule has 0 radical (unpaired) electrons. The normalized spacial score (nSPS) is 10.6. The van der Waals surface area contributed by atoms with Crippen molar-refractivity contribution < 1.29 is 9.53 Å². The van der Waals surface area contributed by atoms with Crippen LogP contribution in [0.15, 0.2) is 6.20 Å². The number of ether oxygens (including phenoxy) is 1. The molecule has 0 atom stereocenters. The Morgan fingerprint density at radius 1 is 1.20 bits per heavy atom. The van der Waals surface area contributed by atoms with Gasteiger partial charge in [0.15, 0.2) is 10.9 Å². The van der Waals surface area contributed by atoms with Crippen LogP contribution in [0.2, 0.25) is 0 Å². The molecule has 0 amide bonds. The van der Waals surface area contributed by atoms with E-state index in [2.05, 4.69) is 36.1 Å². The molecule has 6 nitrogen and oxygen atoms in total. The molecule has 1 N–H and O–H groups in total. The summed E-state index contributed by atoms with van der Waals surface area (Å²) in [5.74, 6) is 0.110. The minimum absolute atomic E-state index is 0.334. The monoisotopic (exact) mass is 368 g/mol. The Balaban J connectivity index is 2.92. The molecule has 0 spiro atoms. The van der Waals surface area contributed by atoms with Crippen LogP contribution in [0.3, 0.4) is 0 Å². The van der Waals surface area contributed by atoms with Crippen molar-refractivity contribution in [3.05, 3.63) is 11.8 Å². The molecule has 0 fully saturated rings. The number of esters is 1. The standard InChI is InChI=1S/C18H32N4O2S/c1-5-9-12-21(13-10-6-2)18(25)19-16-15(17(23)24-8-4)14-22(20-16)11-7-3/h14H,5-13H2,1-4H3,(H,19,20,25). The average Bonchev–Trinajstić information content (AvgIpc) is 2.98. The van der Waals surface area contributed by atoms with Crippen molar-refractivity contribution in [1.82, 2.24) is 14.7 Å². The van der Waals surface area contributed by atoms with Gasteiger partial charge in [0.1, 0.15) is 5.56 Å². The van der Waals surface area contributed by atoms with Gasteiger partial charge in [0, 0.05) is 25.8 Å². The summed E-state index contributed by atoms with van der Waals surface area (Å²) in [6, 6.07) is 0. The lowest BCUT2D eigenvalue weighted by Crippen LogP contribution is -2.36. The van der Waals surface area contributed by atoms with Crippen LogP contribution in [0.1, 0.15) is 70.2 Å². The minimum atomic E-state index is -0.371. The van der Waals surface area contributed by atoms with Gasteiger partial charge >= 0.3 is 5.97 Å². The molecule has 1 aromatic heterocycles. The number of hydrogen-bond donors (Lipinski definition) is 1. The van der Waals surface area contributed by atoms with Crippen molar-refractivity contribution in [1.29, 1.82) is 0 Å². The third-order valence-electron chi connectivity index (χ3n) is 3.79. The van der Waals surface area contributed by atoms with Crippen molar-refractivity contribution in [2.24, 2.45) is 0 Å². The summed E-state index contributed by atoms with van der Waals surface area (Å²) in [4.78, 5) is 14.4. The highest BCUT2D eigenvalue weighted by atomic mass is 32.1. The van der Waals surface area contributed by atoms with Gasteiger partial charge in [0.25, 0.3) is 0 Å². The molecule has 0 saturated heterocycles. The van der Waals surface area contributed by atoms with Crippen molar-refractivity contribution in [3.8, 4) is 0 Å². The minimum Gasteiger partial charge on any atom is -0.462 e. The highest BCUT2D eigenvalue weighted by Gasteiger charge is 2.20. The lowest BCUT2D eigenvalue weighted by Gasteiger charge is -2.25. The fourth-order valence-corrected chi connectivity index (χ4v) is 2.69. The van der Waals surface area contributed by atoms with E-state index in [1.54, 1.807) is 17.8 Å². The second-order valence-electron chi connectivity index (χ2n) is 6.00. The Labute approximate surface area is 156 Å². The molecule has 0 aliphatic heterocycles. The molecular formula is C18H32N4O2S. The van der Waals surface area contributed by atoms with E-state index in [1.807, 2.05) is 0 Å². The number of nitrogens with zero attached hydrogens (tertiary/aromatic N) is 3. The molecule has 1 aromatic rings. The third-order valence-corrected chi connectivity index (χ3v) is 4.15. The van der Waals surface area contributed by atoms with E-state index >= 15 is 0 Å². The zero-order chi connectivity index (χ0) is 18.7. The van der Waals surface area contributed by atoms with Crippen molar-refractivity contribution >= 4 is 29.1 Å². The van der Waals surface area contributed by atoms with E-state index in [1.165, 1.54) is 0 Å². The molecular weight excluding hydrogens is 336 g/mol. The Hall–Kier alpha value is -1.63. The average molecular weight is 369 g/mol. The molecule has 0 unspecified atom stereocenters. The number of aromatic nitrogens is 2. The first-order chi connectivity index (χ1) is 12.1. The van der Waals surface area contributed by atoms with E-state index in [9.17, 15) is 4.79 Å². The maximum absolute atomic E-state index is 12.2. The van der Waals surface area contributed by atoms with Gasteiger partial charge in [-0.15, -0.1) is 0 Å². The largest absolute Gasteiger partial charge is 0.462 e. The van der Waals surface area contributed by atoms with Gasteiger partial charge in [0.05, 0.1) is 6.61 Å². The van der Waals surface area contributed by atoms with Gasteiger partial charge in [-0.05, 0) is 38.4 Å². The van der Waals surface area contributed by atoms with Gasteiger partial charge in [-0.2, -0.15) is 5.10 Å². The zero-order valence-corrected chi connectivity index (χ0v) is 16.8. The van der Waals surface area contributed by atoms with E-state index in [0.29, 0.717) is 23.1 Å². The van der Waals surface area contributed by atoms with E-state index in [-0.39, 0.29) is 5.97 Å². The molecule has 7 heteroatoms. The maximum Gasteiger partial charge on any atom is 0.343 e. The molecule has 1 rings (SSSR count). The zero-order valence-electron chi connectivity index (χ0n) is 16.0. The van der Waals surface area contributed by atoms with Gasteiger partial charge in [-0.1, -0.05) is 33.6 Å². The van der Waals surface area contributed by atoms with Crippen molar-refractivity contribution in [2.45, 2.75) is 66.3 Å². The lowest BCUT2D eigenvalue weighted by molar-refractivity contribution is 0.0527. The smallest absolute Gasteiger partial charge is 0.343 e. The summed E-state index contributed by atoms with van der Waals surface area (Å²) in [5.41, 5.74) is 0.434. The third kappa shape index (κ3) is 7.02. The summed E-state index contributed by atoms with van der Waals surface area (Å²) < 4.78 is 6.91. The number of nitrogens with one attached hydrogen (secondary N) is 1. The fourth-order valence-electron chi connectivity index (χ4n) is 2.41. The van der Waals surface area contributed by atoms with Crippen molar-refractivity contribution in [2.75, 3.05) is 25.0 Å². The van der Waals surface area contributed by atoms with Crippen LogP contribution in [0.5, 0.6) is 0 Å². The SMILES string of the molecule is CCCCN(CCCC)C(=S)Nc1nn(CCC)cc1C(=O)OCC. The molecule has 0 aromatic carbocycles. The van der Waals surface area contributed by atoms with Gasteiger partial charge in [-0.25, -0.2) is 4.79 Å². The van der Waals surface area contributed by atoms with Crippen LogP contribution in [-0.2, 0) is 11.3 Å². The summed E-state index contributed by atoms with van der Waals surface area (Å²) in [6.07, 6.45) is 7.07.